The molecule has 0 atom stereocenters. The predicted molar refractivity (Wildman–Crippen MR) is 109 cm³/mol. The standard InChI is InChI=1S/C20H25BrClNO3/c1-2-25-19-12-16(13-23-8-3-4-9-24)11-18(21)20(19)26-14-15-6-5-7-17(22)10-15/h5-7,10-12,23-24H,2-4,8-9,13-14H2,1H3. The third-order valence-electron chi connectivity index (χ3n) is 3.73. The van der Waals surface area contributed by atoms with Crippen LogP contribution in [0.1, 0.15) is 30.9 Å². The maximum absolute atomic E-state index is 8.82. The van der Waals surface area contributed by atoms with Gasteiger partial charge in [0.25, 0.3) is 0 Å². The van der Waals surface area contributed by atoms with Crippen molar-refractivity contribution in [2.45, 2.75) is 32.9 Å². The van der Waals surface area contributed by atoms with Crippen LogP contribution >= 0.6 is 27.5 Å². The normalized spacial score (nSPS) is 10.8. The number of benzene rings is 2. The van der Waals surface area contributed by atoms with Gasteiger partial charge < -0.3 is 19.9 Å². The Morgan fingerprint density at radius 3 is 2.69 bits per heavy atom. The van der Waals surface area contributed by atoms with Crippen molar-refractivity contribution in [3.63, 3.8) is 0 Å². The summed E-state index contributed by atoms with van der Waals surface area (Å²) in [5, 5.41) is 12.9. The number of hydrogen-bond donors (Lipinski definition) is 2. The van der Waals surface area contributed by atoms with Gasteiger partial charge >= 0.3 is 0 Å². The van der Waals surface area contributed by atoms with E-state index in [4.69, 9.17) is 26.2 Å². The zero-order valence-corrected chi connectivity index (χ0v) is 17.3. The Bertz CT molecular complexity index is 697. The summed E-state index contributed by atoms with van der Waals surface area (Å²) in [6.45, 7) is 4.77. The number of hydrogen-bond acceptors (Lipinski definition) is 4. The molecule has 0 amide bonds. The van der Waals surface area contributed by atoms with E-state index >= 15 is 0 Å². The van der Waals surface area contributed by atoms with Crippen molar-refractivity contribution < 1.29 is 14.6 Å². The fourth-order valence-electron chi connectivity index (χ4n) is 2.50. The van der Waals surface area contributed by atoms with Gasteiger partial charge in [-0.2, -0.15) is 0 Å². The lowest BCUT2D eigenvalue weighted by atomic mass is 10.2. The largest absolute Gasteiger partial charge is 0.490 e. The molecule has 0 heterocycles. The van der Waals surface area contributed by atoms with E-state index in [1.54, 1.807) is 0 Å². The van der Waals surface area contributed by atoms with Crippen LogP contribution in [0.4, 0.5) is 0 Å². The fraction of sp³-hybridized carbons (Fsp3) is 0.400. The number of ether oxygens (including phenoxy) is 2. The van der Waals surface area contributed by atoms with Crippen molar-refractivity contribution in [3.05, 3.63) is 57.0 Å². The lowest BCUT2D eigenvalue weighted by Crippen LogP contribution is -2.15. The summed E-state index contributed by atoms with van der Waals surface area (Å²) in [6, 6.07) is 11.7. The van der Waals surface area contributed by atoms with Crippen LogP contribution in [-0.4, -0.2) is 24.9 Å². The minimum Gasteiger partial charge on any atom is -0.490 e. The average Bonchev–Trinajstić information content (AvgIpc) is 2.61. The van der Waals surface area contributed by atoms with E-state index in [9.17, 15) is 0 Å². The van der Waals surface area contributed by atoms with Crippen LogP contribution in [0.25, 0.3) is 0 Å². The molecule has 2 aromatic rings. The molecule has 0 saturated heterocycles. The summed E-state index contributed by atoms with van der Waals surface area (Å²) < 4.78 is 12.6. The third kappa shape index (κ3) is 6.80. The molecule has 0 spiro atoms. The quantitative estimate of drug-likeness (QED) is 0.484. The number of aliphatic hydroxyl groups is 1. The van der Waals surface area contributed by atoms with Crippen molar-refractivity contribution in [1.82, 2.24) is 5.32 Å². The predicted octanol–water partition coefficient (Wildman–Crippen LogP) is 4.94. The monoisotopic (exact) mass is 441 g/mol. The minimum atomic E-state index is 0.236. The first-order valence-electron chi connectivity index (χ1n) is 8.78. The zero-order chi connectivity index (χ0) is 18.8. The minimum absolute atomic E-state index is 0.236. The van der Waals surface area contributed by atoms with Gasteiger partial charge in [-0.1, -0.05) is 23.7 Å². The Hall–Kier alpha value is -1.27. The second-order valence-corrected chi connectivity index (χ2v) is 7.15. The molecule has 4 nitrogen and oxygen atoms in total. The molecule has 0 unspecified atom stereocenters. The van der Waals surface area contributed by atoms with Gasteiger partial charge in [-0.25, -0.2) is 0 Å². The summed E-state index contributed by atoms with van der Waals surface area (Å²) in [5.74, 6) is 1.41. The Kier molecular flexibility index (Phi) is 9.26. The summed E-state index contributed by atoms with van der Waals surface area (Å²) in [7, 11) is 0. The number of halogens is 2. The van der Waals surface area contributed by atoms with Crippen molar-refractivity contribution in [3.8, 4) is 11.5 Å². The van der Waals surface area contributed by atoms with Crippen molar-refractivity contribution in [2.75, 3.05) is 19.8 Å². The molecule has 0 fully saturated rings. The van der Waals surface area contributed by atoms with Gasteiger partial charge in [-0.05, 0) is 77.6 Å². The summed E-state index contributed by atoms with van der Waals surface area (Å²) in [4.78, 5) is 0. The molecule has 2 aromatic carbocycles. The molecule has 2 rings (SSSR count). The van der Waals surface area contributed by atoms with Gasteiger partial charge in [0.05, 0.1) is 11.1 Å². The van der Waals surface area contributed by atoms with Gasteiger partial charge in [0.15, 0.2) is 11.5 Å². The Labute approximate surface area is 168 Å². The van der Waals surface area contributed by atoms with Crippen molar-refractivity contribution >= 4 is 27.5 Å². The van der Waals surface area contributed by atoms with Crippen LogP contribution in [0.15, 0.2) is 40.9 Å². The molecule has 2 N–H and O–H groups in total. The molecule has 6 heteroatoms. The van der Waals surface area contributed by atoms with Crippen LogP contribution in [-0.2, 0) is 13.2 Å². The smallest absolute Gasteiger partial charge is 0.175 e. The van der Waals surface area contributed by atoms with E-state index in [1.807, 2.05) is 43.3 Å². The molecule has 0 aliphatic rings. The molecule has 0 aromatic heterocycles. The van der Waals surface area contributed by atoms with Crippen LogP contribution < -0.4 is 14.8 Å². The molecule has 0 bridgehead atoms. The van der Waals surface area contributed by atoms with E-state index in [0.717, 1.165) is 47.3 Å². The third-order valence-corrected chi connectivity index (χ3v) is 4.56. The second kappa shape index (κ2) is 11.4. The molecule has 142 valence electrons. The van der Waals surface area contributed by atoms with E-state index in [0.29, 0.717) is 24.0 Å². The molecule has 0 saturated carbocycles. The second-order valence-electron chi connectivity index (χ2n) is 5.86. The van der Waals surface area contributed by atoms with Crippen LogP contribution in [0.2, 0.25) is 5.02 Å². The van der Waals surface area contributed by atoms with Crippen molar-refractivity contribution in [1.29, 1.82) is 0 Å². The highest BCUT2D eigenvalue weighted by atomic mass is 79.9. The van der Waals surface area contributed by atoms with Crippen LogP contribution in [0.3, 0.4) is 0 Å². The highest BCUT2D eigenvalue weighted by Crippen LogP contribution is 2.37. The van der Waals surface area contributed by atoms with E-state index < -0.39 is 0 Å². The van der Waals surface area contributed by atoms with Gasteiger partial charge in [-0.3, -0.25) is 0 Å². The van der Waals surface area contributed by atoms with E-state index in [1.165, 1.54) is 0 Å². The maximum Gasteiger partial charge on any atom is 0.175 e. The van der Waals surface area contributed by atoms with Crippen LogP contribution in [0, 0.1) is 0 Å². The first-order valence-corrected chi connectivity index (χ1v) is 9.95. The average molecular weight is 443 g/mol. The molecule has 26 heavy (non-hydrogen) atoms. The van der Waals surface area contributed by atoms with E-state index in [2.05, 4.69) is 21.2 Å². The van der Waals surface area contributed by atoms with Gasteiger partial charge in [-0.15, -0.1) is 0 Å². The Morgan fingerprint density at radius 1 is 1.12 bits per heavy atom. The topological polar surface area (TPSA) is 50.7 Å². The molecular formula is C20H25BrClNO3. The van der Waals surface area contributed by atoms with Gasteiger partial charge in [0, 0.05) is 18.2 Å². The molecule has 0 aliphatic heterocycles. The molecule has 0 radical (unpaired) electrons. The first kappa shape index (κ1) is 21.0. The van der Waals surface area contributed by atoms with E-state index in [-0.39, 0.29) is 6.61 Å². The van der Waals surface area contributed by atoms with Gasteiger partial charge in [0.2, 0.25) is 0 Å². The number of aliphatic hydroxyl groups excluding tert-OH is 1. The lowest BCUT2D eigenvalue weighted by Gasteiger charge is -2.16. The highest BCUT2D eigenvalue weighted by molar-refractivity contribution is 9.10. The fourth-order valence-corrected chi connectivity index (χ4v) is 3.32. The molecular weight excluding hydrogens is 418 g/mol. The Balaban J connectivity index is 2.05. The first-order chi connectivity index (χ1) is 12.6. The lowest BCUT2D eigenvalue weighted by molar-refractivity contribution is 0.267. The Morgan fingerprint density at radius 2 is 1.96 bits per heavy atom. The number of unbranched alkanes of at least 4 members (excludes halogenated alkanes) is 1. The van der Waals surface area contributed by atoms with Crippen LogP contribution in [0.5, 0.6) is 11.5 Å². The zero-order valence-electron chi connectivity index (χ0n) is 14.9. The van der Waals surface area contributed by atoms with Crippen molar-refractivity contribution in [2.24, 2.45) is 0 Å². The summed E-state index contributed by atoms with van der Waals surface area (Å²) in [5.41, 5.74) is 2.11. The number of nitrogens with one attached hydrogen (secondary N) is 1. The van der Waals surface area contributed by atoms with Gasteiger partial charge in [0.1, 0.15) is 6.61 Å². The molecule has 0 aliphatic carbocycles. The number of rotatable bonds is 11. The maximum atomic E-state index is 8.82. The summed E-state index contributed by atoms with van der Waals surface area (Å²) >= 11 is 9.63. The SMILES string of the molecule is CCOc1cc(CNCCCCO)cc(Br)c1OCc1cccc(Cl)c1. The summed E-state index contributed by atoms with van der Waals surface area (Å²) in [6.07, 6.45) is 1.77. The highest BCUT2D eigenvalue weighted by Gasteiger charge is 2.13.